The summed E-state index contributed by atoms with van der Waals surface area (Å²) in [5.41, 5.74) is 1.26. The molecular formula is C23H23ClN2O4S. The molecule has 6 nitrogen and oxygen atoms in total. The average molecular weight is 459 g/mol. The lowest BCUT2D eigenvalue weighted by Crippen LogP contribution is -2.41. The van der Waals surface area contributed by atoms with Crippen molar-refractivity contribution in [2.75, 3.05) is 18.0 Å². The van der Waals surface area contributed by atoms with Gasteiger partial charge in [-0.1, -0.05) is 41.9 Å². The summed E-state index contributed by atoms with van der Waals surface area (Å²) in [5, 5.41) is 3.32. The van der Waals surface area contributed by atoms with Crippen LogP contribution in [0.2, 0.25) is 5.02 Å². The summed E-state index contributed by atoms with van der Waals surface area (Å²) in [7, 11) is -2.51. The Morgan fingerprint density at radius 2 is 1.61 bits per heavy atom. The van der Waals surface area contributed by atoms with Crippen LogP contribution in [0.3, 0.4) is 0 Å². The normalized spacial score (nSPS) is 12.1. The van der Waals surface area contributed by atoms with Crippen LogP contribution in [0, 0.1) is 0 Å². The molecule has 3 rings (SSSR count). The fourth-order valence-electron chi connectivity index (χ4n) is 3.04. The lowest BCUT2D eigenvalue weighted by atomic mass is 10.1. The Morgan fingerprint density at radius 1 is 1.00 bits per heavy atom. The minimum atomic E-state index is -4.01. The number of halogens is 1. The number of carbonyl (C=O) groups excluding carboxylic acids is 1. The molecular weight excluding hydrogens is 436 g/mol. The Morgan fingerprint density at radius 3 is 2.19 bits per heavy atom. The zero-order valence-corrected chi connectivity index (χ0v) is 18.7. The summed E-state index contributed by atoms with van der Waals surface area (Å²) in [4.78, 5) is 12.8. The first kappa shape index (κ1) is 22.7. The minimum absolute atomic E-state index is 0.0483. The van der Waals surface area contributed by atoms with Gasteiger partial charge in [0.25, 0.3) is 10.0 Å². The van der Waals surface area contributed by atoms with Crippen molar-refractivity contribution in [1.29, 1.82) is 0 Å². The molecule has 8 heteroatoms. The molecule has 1 atom stereocenters. The third-order valence-electron chi connectivity index (χ3n) is 4.73. The number of methoxy groups -OCH3 is 1. The summed E-state index contributed by atoms with van der Waals surface area (Å²) < 4.78 is 32.9. The van der Waals surface area contributed by atoms with Gasteiger partial charge in [0.1, 0.15) is 12.3 Å². The smallest absolute Gasteiger partial charge is 0.264 e. The topological polar surface area (TPSA) is 75.7 Å². The molecule has 3 aromatic carbocycles. The van der Waals surface area contributed by atoms with Crippen LogP contribution in [0.15, 0.2) is 83.8 Å². The van der Waals surface area contributed by atoms with Gasteiger partial charge in [0.15, 0.2) is 0 Å². The molecule has 0 saturated heterocycles. The van der Waals surface area contributed by atoms with E-state index in [1.54, 1.807) is 36.4 Å². The summed E-state index contributed by atoms with van der Waals surface area (Å²) in [6, 6.07) is 21.5. The summed E-state index contributed by atoms with van der Waals surface area (Å²) >= 11 is 5.96. The fraction of sp³-hybridized carbons (Fsp3) is 0.174. The van der Waals surface area contributed by atoms with E-state index in [0.29, 0.717) is 16.5 Å². The second-order valence-electron chi connectivity index (χ2n) is 6.86. The Bertz CT molecular complexity index is 1120. The van der Waals surface area contributed by atoms with Crippen LogP contribution in [-0.4, -0.2) is 28.0 Å². The number of nitrogens with one attached hydrogen (secondary N) is 1. The third kappa shape index (κ3) is 5.57. The zero-order chi connectivity index (χ0) is 22.4. The van der Waals surface area contributed by atoms with Crippen molar-refractivity contribution in [2.45, 2.75) is 17.9 Å². The molecule has 1 amide bonds. The second kappa shape index (κ2) is 9.85. The molecule has 0 bridgehead atoms. The van der Waals surface area contributed by atoms with Gasteiger partial charge < -0.3 is 10.1 Å². The number of hydrogen-bond acceptors (Lipinski definition) is 4. The highest BCUT2D eigenvalue weighted by Crippen LogP contribution is 2.26. The zero-order valence-electron chi connectivity index (χ0n) is 17.2. The maximum absolute atomic E-state index is 13.4. The van der Waals surface area contributed by atoms with Gasteiger partial charge in [0, 0.05) is 5.02 Å². The number of sulfonamides is 1. The van der Waals surface area contributed by atoms with Crippen LogP contribution in [0.25, 0.3) is 0 Å². The van der Waals surface area contributed by atoms with Crippen molar-refractivity contribution in [1.82, 2.24) is 5.32 Å². The summed E-state index contributed by atoms with van der Waals surface area (Å²) in [6.45, 7) is 1.46. The van der Waals surface area contributed by atoms with Gasteiger partial charge in [-0.2, -0.15) is 0 Å². The largest absolute Gasteiger partial charge is 0.497 e. The van der Waals surface area contributed by atoms with Crippen molar-refractivity contribution in [2.24, 2.45) is 0 Å². The third-order valence-corrected chi connectivity index (χ3v) is 6.77. The second-order valence-corrected chi connectivity index (χ2v) is 9.16. The molecule has 3 aromatic rings. The highest BCUT2D eigenvalue weighted by Gasteiger charge is 2.27. The first-order valence-electron chi connectivity index (χ1n) is 9.58. The van der Waals surface area contributed by atoms with E-state index in [2.05, 4.69) is 5.32 Å². The predicted octanol–water partition coefficient (Wildman–Crippen LogP) is 4.42. The molecule has 0 fully saturated rings. The van der Waals surface area contributed by atoms with E-state index < -0.39 is 15.9 Å². The molecule has 0 aliphatic heterocycles. The number of rotatable bonds is 8. The van der Waals surface area contributed by atoms with E-state index >= 15 is 0 Å². The predicted molar refractivity (Wildman–Crippen MR) is 122 cm³/mol. The van der Waals surface area contributed by atoms with Crippen molar-refractivity contribution in [3.8, 4) is 5.75 Å². The van der Waals surface area contributed by atoms with Gasteiger partial charge >= 0.3 is 0 Å². The molecule has 1 N–H and O–H groups in total. The van der Waals surface area contributed by atoms with Crippen LogP contribution in [0.4, 0.5) is 5.69 Å². The van der Waals surface area contributed by atoms with Gasteiger partial charge in [-0.15, -0.1) is 0 Å². The standard InChI is InChI=1S/C23H23ClN2O4S/c1-17(18-6-4-3-5-7-18)25-23(27)16-26(20-10-8-19(24)9-11-20)31(28,29)22-14-12-21(30-2)13-15-22/h3-15,17H,16H2,1-2H3,(H,25,27)/t17-/m0/s1. The van der Waals surface area contributed by atoms with Crippen LogP contribution in [0.1, 0.15) is 18.5 Å². The quantitative estimate of drug-likeness (QED) is 0.542. The molecule has 0 aromatic heterocycles. The summed E-state index contributed by atoms with van der Waals surface area (Å²) in [6.07, 6.45) is 0. The lowest BCUT2D eigenvalue weighted by Gasteiger charge is -2.25. The van der Waals surface area contributed by atoms with E-state index in [9.17, 15) is 13.2 Å². The SMILES string of the molecule is COc1ccc(S(=O)(=O)N(CC(=O)N[C@@H](C)c2ccccc2)c2ccc(Cl)cc2)cc1. The van der Waals surface area contributed by atoms with Crippen LogP contribution in [0.5, 0.6) is 5.75 Å². The van der Waals surface area contributed by atoms with E-state index in [0.717, 1.165) is 9.87 Å². The molecule has 162 valence electrons. The van der Waals surface area contributed by atoms with Gasteiger partial charge in [0.2, 0.25) is 5.91 Å². The minimum Gasteiger partial charge on any atom is -0.497 e. The van der Waals surface area contributed by atoms with Crippen molar-refractivity contribution >= 4 is 33.2 Å². The lowest BCUT2D eigenvalue weighted by molar-refractivity contribution is -0.120. The molecule has 0 saturated carbocycles. The highest BCUT2D eigenvalue weighted by molar-refractivity contribution is 7.92. The maximum Gasteiger partial charge on any atom is 0.264 e. The first-order chi connectivity index (χ1) is 14.8. The number of carbonyl (C=O) groups is 1. The molecule has 0 aliphatic carbocycles. The maximum atomic E-state index is 13.4. The molecule has 0 radical (unpaired) electrons. The van der Waals surface area contributed by atoms with Crippen LogP contribution >= 0.6 is 11.6 Å². The monoisotopic (exact) mass is 458 g/mol. The number of hydrogen-bond donors (Lipinski definition) is 1. The Balaban J connectivity index is 1.89. The van der Waals surface area contributed by atoms with E-state index in [-0.39, 0.29) is 17.5 Å². The number of nitrogens with zero attached hydrogens (tertiary/aromatic N) is 1. The van der Waals surface area contributed by atoms with E-state index in [1.165, 1.54) is 19.2 Å². The van der Waals surface area contributed by atoms with Crippen molar-refractivity contribution in [3.05, 3.63) is 89.4 Å². The number of ether oxygens (including phenoxy) is 1. The molecule has 0 heterocycles. The molecule has 0 unspecified atom stereocenters. The van der Waals surface area contributed by atoms with Gasteiger partial charge in [-0.3, -0.25) is 9.10 Å². The van der Waals surface area contributed by atoms with Crippen molar-refractivity contribution < 1.29 is 17.9 Å². The fourth-order valence-corrected chi connectivity index (χ4v) is 4.59. The van der Waals surface area contributed by atoms with Crippen molar-refractivity contribution in [3.63, 3.8) is 0 Å². The van der Waals surface area contributed by atoms with E-state index in [4.69, 9.17) is 16.3 Å². The highest BCUT2D eigenvalue weighted by atomic mass is 35.5. The van der Waals surface area contributed by atoms with Crippen LogP contribution < -0.4 is 14.4 Å². The first-order valence-corrected chi connectivity index (χ1v) is 11.4. The van der Waals surface area contributed by atoms with Gasteiger partial charge in [-0.05, 0) is 61.0 Å². The molecule has 0 aliphatic rings. The number of amides is 1. The van der Waals surface area contributed by atoms with Gasteiger partial charge in [0.05, 0.1) is 23.7 Å². The number of benzene rings is 3. The Hall–Kier alpha value is -3.03. The molecule has 0 spiro atoms. The van der Waals surface area contributed by atoms with Crippen LogP contribution in [-0.2, 0) is 14.8 Å². The van der Waals surface area contributed by atoms with Gasteiger partial charge in [-0.25, -0.2) is 8.42 Å². The number of anilines is 1. The summed E-state index contributed by atoms with van der Waals surface area (Å²) in [5.74, 6) is 0.106. The Kier molecular flexibility index (Phi) is 7.20. The van der Waals surface area contributed by atoms with E-state index in [1.807, 2.05) is 37.3 Å². The average Bonchev–Trinajstić information content (AvgIpc) is 2.78. The molecule has 31 heavy (non-hydrogen) atoms. The Labute approximate surface area is 187 Å².